The van der Waals surface area contributed by atoms with Crippen molar-refractivity contribution in [2.24, 2.45) is 5.92 Å². The lowest BCUT2D eigenvalue weighted by Gasteiger charge is -2.06. The maximum absolute atomic E-state index is 9.96. The van der Waals surface area contributed by atoms with Crippen LogP contribution in [0.15, 0.2) is 30.6 Å². The first kappa shape index (κ1) is 11.7. The average Bonchev–Trinajstić information content (AvgIpc) is 2.92. The van der Waals surface area contributed by atoms with Crippen LogP contribution in [0, 0.1) is 5.92 Å². The zero-order valence-corrected chi connectivity index (χ0v) is 10.5. The highest BCUT2D eigenvalue weighted by molar-refractivity contribution is 6.30. The van der Waals surface area contributed by atoms with E-state index in [1.807, 2.05) is 12.1 Å². The molecular formula is C13H14ClN3O. The average molecular weight is 264 g/mol. The third kappa shape index (κ3) is 2.40. The summed E-state index contributed by atoms with van der Waals surface area (Å²) in [6.45, 7) is 0. The Hall–Kier alpha value is -1.39. The predicted molar refractivity (Wildman–Crippen MR) is 68.3 cm³/mol. The van der Waals surface area contributed by atoms with Gasteiger partial charge in [-0.1, -0.05) is 23.7 Å². The van der Waals surface area contributed by atoms with Crippen LogP contribution in [0.3, 0.4) is 0 Å². The number of nitrogens with zero attached hydrogens (tertiary/aromatic N) is 2. The van der Waals surface area contributed by atoms with Crippen LogP contribution in [0.2, 0.25) is 5.02 Å². The van der Waals surface area contributed by atoms with Gasteiger partial charge in [0.25, 0.3) is 0 Å². The summed E-state index contributed by atoms with van der Waals surface area (Å²) in [5.74, 6) is 1.53. The summed E-state index contributed by atoms with van der Waals surface area (Å²) in [6.07, 6.45) is 2.75. The first-order chi connectivity index (χ1) is 8.74. The van der Waals surface area contributed by atoms with Crippen molar-refractivity contribution < 1.29 is 5.11 Å². The molecule has 1 aliphatic carbocycles. The van der Waals surface area contributed by atoms with Crippen molar-refractivity contribution in [3.63, 3.8) is 0 Å². The zero-order valence-electron chi connectivity index (χ0n) is 9.75. The first-order valence-electron chi connectivity index (χ1n) is 6.03. The van der Waals surface area contributed by atoms with E-state index in [0.717, 1.165) is 11.4 Å². The molecule has 0 radical (unpaired) electrons. The number of hydrogen-bond acceptors (Lipinski definition) is 3. The summed E-state index contributed by atoms with van der Waals surface area (Å²) in [6, 6.07) is 7.95. The van der Waals surface area contributed by atoms with Gasteiger partial charge in [0.15, 0.2) is 5.82 Å². The molecule has 1 aliphatic rings. The molecule has 0 saturated heterocycles. The van der Waals surface area contributed by atoms with Gasteiger partial charge in [0.2, 0.25) is 0 Å². The van der Waals surface area contributed by atoms with Gasteiger partial charge < -0.3 is 5.11 Å². The third-order valence-corrected chi connectivity index (χ3v) is 3.73. The van der Waals surface area contributed by atoms with Crippen LogP contribution < -0.4 is 0 Å². The second kappa shape index (κ2) is 4.71. The predicted octanol–water partition coefficient (Wildman–Crippen LogP) is 2.69. The fraction of sp³-hybridized carbons (Fsp3) is 0.385. The van der Waals surface area contributed by atoms with Gasteiger partial charge in [-0.05, 0) is 42.4 Å². The van der Waals surface area contributed by atoms with E-state index in [0.29, 0.717) is 24.1 Å². The van der Waals surface area contributed by atoms with Crippen LogP contribution >= 0.6 is 11.6 Å². The van der Waals surface area contributed by atoms with E-state index in [4.69, 9.17) is 11.6 Å². The molecule has 18 heavy (non-hydrogen) atoms. The van der Waals surface area contributed by atoms with E-state index in [2.05, 4.69) is 27.3 Å². The van der Waals surface area contributed by atoms with Gasteiger partial charge in [-0.25, -0.2) is 4.98 Å². The summed E-state index contributed by atoms with van der Waals surface area (Å²) >= 11 is 5.87. The Kier molecular flexibility index (Phi) is 3.06. The van der Waals surface area contributed by atoms with Gasteiger partial charge in [-0.2, -0.15) is 5.10 Å². The summed E-state index contributed by atoms with van der Waals surface area (Å²) < 4.78 is 0. The van der Waals surface area contributed by atoms with E-state index in [9.17, 15) is 5.11 Å². The van der Waals surface area contributed by atoms with E-state index in [1.165, 1.54) is 11.9 Å². The highest BCUT2D eigenvalue weighted by Crippen LogP contribution is 2.51. The van der Waals surface area contributed by atoms with Gasteiger partial charge in [-0.3, -0.25) is 5.10 Å². The van der Waals surface area contributed by atoms with Crippen molar-refractivity contribution >= 4 is 11.6 Å². The molecular weight excluding hydrogens is 250 g/mol. The Morgan fingerprint density at radius 3 is 2.83 bits per heavy atom. The highest BCUT2D eigenvalue weighted by Gasteiger charge is 2.39. The Balaban J connectivity index is 1.60. The van der Waals surface area contributed by atoms with E-state index in [1.54, 1.807) is 0 Å². The Bertz CT molecular complexity index is 512. The van der Waals surface area contributed by atoms with Crippen molar-refractivity contribution in [1.82, 2.24) is 15.2 Å². The number of halogens is 1. The van der Waals surface area contributed by atoms with Crippen molar-refractivity contribution in [1.29, 1.82) is 0 Å². The summed E-state index contributed by atoms with van der Waals surface area (Å²) in [4.78, 5) is 3.97. The third-order valence-electron chi connectivity index (χ3n) is 3.48. The largest absolute Gasteiger partial charge is 0.385 e. The first-order valence-corrected chi connectivity index (χ1v) is 6.41. The van der Waals surface area contributed by atoms with Crippen LogP contribution in [-0.2, 0) is 0 Å². The summed E-state index contributed by atoms with van der Waals surface area (Å²) in [5, 5.41) is 17.2. The number of aliphatic hydroxyl groups is 1. The molecule has 2 aromatic rings. The fourth-order valence-corrected chi connectivity index (χ4v) is 2.52. The SMILES string of the molecule is OC(CC1CC1c1ccc(Cl)cc1)c1nc[nH]n1. The molecule has 3 unspecified atom stereocenters. The van der Waals surface area contributed by atoms with Gasteiger partial charge >= 0.3 is 0 Å². The molecule has 3 rings (SSSR count). The van der Waals surface area contributed by atoms with E-state index >= 15 is 0 Å². The lowest BCUT2D eigenvalue weighted by atomic mass is 10.1. The molecule has 0 spiro atoms. The molecule has 3 atom stereocenters. The van der Waals surface area contributed by atoms with Crippen LogP contribution in [0.25, 0.3) is 0 Å². The molecule has 5 heteroatoms. The van der Waals surface area contributed by atoms with Crippen LogP contribution in [0.4, 0.5) is 0 Å². The summed E-state index contributed by atoms with van der Waals surface area (Å²) in [7, 11) is 0. The topological polar surface area (TPSA) is 61.8 Å². The fourth-order valence-electron chi connectivity index (χ4n) is 2.40. The number of benzene rings is 1. The van der Waals surface area contributed by atoms with E-state index < -0.39 is 6.10 Å². The quantitative estimate of drug-likeness (QED) is 0.892. The minimum atomic E-state index is -0.571. The van der Waals surface area contributed by atoms with Crippen LogP contribution in [0.1, 0.15) is 36.3 Å². The lowest BCUT2D eigenvalue weighted by Crippen LogP contribution is -2.01. The molecule has 0 bridgehead atoms. The number of aliphatic hydroxyl groups excluding tert-OH is 1. The molecule has 0 aliphatic heterocycles. The van der Waals surface area contributed by atoms with Crippen molar-refractivity contribution in [3.05, 3.63) is 47.0 Å². The Labute approximate surface area is 110 Å². The molecule has 2 N–H and O–H groups in total. The highest BCUT2D eigenvalue weighted by atomic mass is 35.5. The number of hydrogen-bond donors (Lipinski definition) is 2. The second-order valence-electron chi connectivity index (χ2n) is 4.76. The molecule has 94 valence electrons. The number of aromatic amines is 1. The number of rotatable bonds is 4. The summed E-state index contributed by atoms with van der Waals surface area (Å²) in [5.41, 5.74) is 1.30. The monoisotopic (exact) mass is 263 g/mol. The van der Waals surface area contributed by atoms with Gasteiger partial charge in [0.1, 0.15) is 12.4 Å². The van der Waals surface area contributed by atoms with Crippen molar-refractivity contribution in [2.75, 3.05) is 0 Å². The van der Waals surface area contributed by atoms with Crippen LogP contribution in [-0.4, -0.2) is 20.3 Å². The Morgan fingerprint density at radius 1 is 1.39 bits per heavy atom. The standard InChI is InChI=1S/C13H14ClN3O/c14-10-3-1-8(2-4-10)11-5-9(11)6-12(18)13-15-7-16-17-13/h1-4,7,9,11-12,18H,5-6H2,(H,15,16,17). The second-order valence-corrected chi connectivity index (χ2v) is 5.20. The number of H-pyrrole nitrogens is 1. The smallest absolute Gasteiger partial charge is 0.178 e. The molecule has 4 nitrogen and oxygen atoms in total. The van der Waals surface area contributed by atoms with Gasteiger partial charge in [0, 0.05) is 5.02 Å². The lowest BCUT2D eigenvalue weighted by molar-refractivity contribution is 0.150. The normalized spacial score (nSPS) is 23.9. The van der Waals surface area contributed by atoms with Crippen molar-refractivity contribution in [3.8, 4) is 0 Å². The van der Waals surface area contributed by atoms with Crippen molar-refractivity contribution in [2.45, 2.75) is 24.9 Å². The number of nitrogens with one attached hydrogen (secondary N) is 1. The molecule has 1 fully saturated rings. The van der Waals surface area contributed by atoms with E-state index in [-0.39, 0.29) is 0 Å². The van der Waals surface area contributed by atoms with Crippen LogP contribution in [0.5, 0.6) is 0 Å². The maximum Gasteiger partial charge on any atom is 0.178 e. The minimum Gasteiger partial charge on any atom is -0.385 e. The van der Waals surface area contributed by atoms with Gasteiger partial charge in [0.05, 0.1) is 0 Å². The maximum atomic E-state index is 9.96. The molecule has 1 aromatic heterocycles. The molecule has 1 saturated carbocycles. The molecule has 1 heterocycles. The molecule has 1 aromatic carbocycles. The Morgan fingerprint density at radius 2 is 2.17 bits per heavy atom. The minimum absolute atomic E-state index is 0.483. The molecule has 0 amide bonds. The number of aromatic nitrogens is 3. The zero-order chi connectivity index (χ0) is 12.5. The van der Waals surface area contributed by atoms with Gasteiger partial charge in [-0.15, -0.1) is 0 Å².